The van der Waals surface area contributed by atoms with Gasteiger partial charge in [-0.15, -0.1) is 0 Å². The molecule has 1 heterocycles. The first-order valence-corrected chi connectivity index (χ1v) is 7.24. The van der Waals surface area contributed by atoms with Gasteiger partial charge in [0.25, 0.3) is 0 Å². The lowest BCUT2D eigenvalue weighted by Gasteiger charge is -2.37. The molecule has 0 aromatic heterocycles. The van der Waals surface area contributed by atoms with E-state index in [1.807, 2.05) is 13.8 Å². The van der Waals surface area contributed by atoms with Crippen LogP contribution in [-0.4, -0.2) is 42.8 Å². The Bertz CT molecular complexity index is 289. The molecule has 1 fully saturated rings. The Morgan fingerprint density at radius 3 is 2.67 bits per heavy atom. The summed E-state index contributed by atoms with van der Waals surface area (Å²) in [5, 5.41) is 9.26. The predicted molar refractivity (Wildman–Crippen MR) is 60.1 cm³/mol. The van der Waals surface area contributed by atoms with Crippen LogP contribution >= 0.6 is 0 Å². The maximum atomic E-state index is 11.9. The lowest BCUT2D eigenvalue weighted by atomic mass is 9.93. The molecule has 15 heavy (non-hydrogen) atoms. The van der Waals surface area contributed by atoms with Crippen LogP contribution in [0, 0.1) is 5.92 Å². The highest BCUT2D eigenvalue weighted by molar-refractivity contribution is 7.89. The van der Waals surface area contributed by atoms with E-state index in [4.69, 9.17) is 0 Å². The Labute approximate surface area is 92.3 Å². The summed E-state index contributed by atoms with van der Waals surface area (Å²) >= 11 is 0. The van der Waals surface area contributed by atoms with Crippen LogP contribution in [0.15, 0.2) is 0 Å². The number of sulfonamides is 1. The number of aliphatic hydroxyl groups is 1. The molecule has 1 saturated heterocycles. The van der Waals surface area contributed by atoms with Gasteiger partial charge in [0.2, 0.25) is 10.0 Å². The Balaban J connectivity index is 2.82. The first kappa shape index (κ1) is 12.9. The minimum absolute atomic E-state index is 0.0654. The van der Waals surface area contributed by atoms with Gasteiger partial charge >= 0.3 is 0 Å². The largest absolute Gasteiger partial charge is 0.395 e. The average Bonchev–Trinajstić information content (AvgIpc) is 2.17. The van der Waals surface area contributed by atoms with Gasteiger partial charge in [0, 0.05) is 6.54 Å². The van der Waals surface area contributed by atoms with Crippen LogP contribution in [0.3, 0.4) is 0 Å². The minimum atomic E-state index is -3.15. The molecule has 0 aromatic rings. The molecule has 2 unspecified atom stereocenters. The van der Waals surface area contributed by atoms with Crippen molar-refractivity contribution in [3.63, 3.8) is 0 Å². The van der Waals surface area contributed by atoms with Crippen molar-refractivity contribution < 1.29 is 13.5 Å². The molecule has 1 rings (SSSR count). The van der Waals surface area contributed by atoms with Gasteiger partial charge in [-0.1, -0.05) is 13.8 Å². The van der Waals surface area contributed by atoms with E-state index >= 15 is 0 Å². The monoisotopic (exact) mass is 235 g/mol. The fourth-order valence-corrected chi connectivity index (χ4v) is 4.05. The summed E-state index contributed by atoms with van der Waals surface area (Å²) in [6.07, 6.45) is 2.54. The average molecular weight is 235 g/mol. The normalized spacial score (nSPS) is 29.3. The molecule has 2 atom stereocenters. The van der Waals surface area contributed by atoms with Gasteiger partial charge in [-0.3, -0.25) is 0 Å². The maximum absolute atomic E-state index is 11.9. The van der Waals surface area contributed by atoms with Crippen LogP contribution in [0.1, 0.15) is 33.1 Å². The van der Waals surface area contributed by atoms with E-state index in [1.54, 1.807) is 0 Å². The summed E-state index contributed by atoms with van der Waals surface area (Å²) < 4.78 is 25.3. The quantitative estimate of drug-likeness (QED) is 0.785. The SMILES string of the molecule is CCCS(=O)(=O)N1CCCC(C)C1CO. The lowest BCUT2D eigenvalue weighted by molar-refractivity contribution is 0.113. The third-order valence-corrected chi connectivity index (χ3v) is 5.16. The molecule has 0 bridgehead atoms. The molecule has 1 N–H and O–H groups in total. The van der Waals surface area contributed by atoms with Gasteiger partial charge in [-0.2, -0.15) is 4.31 Å². The number of aliphatic hydroxyl groups excluding tert-OH is 1. The molecule has 0 aliphatic carbocycles. The Kier molecular flexibility index (Phi) is 4.55. The molecule has 4 nitrogen and oxygen atoms in total. The van der Waals surface area contributed by atoms with Crippen molar-refractivity contribution in [2.24, 2.45) is 5.92 Å². The van der Waals surface area contributed by atoms with Crippen LogP contribution < -0.4 is 0 Å². The van der Waals surface area contributed by atoms with Gasteiger partial charge in [-0.25, -0.2) is 8.42 Å². The van der Waals surface area contributed by atoms with Crippen LogP contribution in [-0.2, 0) is 10.0 Å². The molecular formula is C10H21NO3S. The summed E-state index contributed by atoms with van der Waals surface area (Å²) in [6, 6.07) is -0.213. The van der Waals surface area contributed by atoms with E-state index in [9.17, 15) is 13.5 Å². The van der Waals surface area contributed by atoms with E-state index in [2.05, 4.69) is 0 Å². The van der Waals surface area contributed by atoms with Crippen molar-refractivity contribution in [2.75, 3.05) is 18.9 Å². The molecule has 0 spiro atoms. The van der Waals surface area contributed by atoms with Crippen LogP contribution in [0.4, 0.5) is 0 Å². The fraction of sp³-hybridized carbons (Fsp3) is 1.00. The second-order valence-corrected chi connectivity index (χ2v) is 6.34. The number of hydrogen-bond acceptors (Lipinski definition) is 3. The van der Waals surface area contributed by atoms with E-state index in [1.165, 1.54) is 4.31 Å². The highest BCUT2D eigenvalue weighted by atomic mass is 32.2. The summed E-state index contributed by atoms with van der Waals surface area (Å²) in [5.74, 6) is 0.450. The maximum Gasteiger partial charge on any atom is 0.214 e. The van der Waals surface area contributed by atoms with Crippen molar-refractivity contribution in [1.29, 1.82) is 0 Å². The summed E-state index contributed by atoms with van der Waals surface area (Å²) in [7, 11) is -3.15. The van der Waals surface area contributed by atoms with E-state index in [0.29, 0.717) is 13.0 Å². The lowest BCUT2D eigenvalue weighted by Crippen LogP contribution is -2.50. The zero-order valence-corrected chi connectivity index (χ0v) is 10.3. The third kappa shape index (κ3) is 2.92. The summed E-state index contributed by atoms with van der Waals surface area (Å²) in [6.45, 7) is 4.37. The highest BCUT2D eigenvalue weighted by Crippen LogP contribution is 2.25. The number of nitrogens with zero attached hydrogens (tertiary/aromatic N) is 1. The van der Waals surface area contributed by atoms with E-state index < -0.39 is 10.0 Å². The predicted octanol–water partition coefficient (Wildman–Crippen LogP) is 0.819. The Morgan fingerprint density at radius 1 is 1.47 bits per heavy atom. The molecule has 0 saturated carbocycles. The number of piperidine rings is 1. The molecule has 90 valence electrons. The molecule has 1 aliphatic rings. The molecule has 0 radical (unpaired) electrons. The minimum Gasteiger partial charge on any atom is -0.395 e. The number of hydrogen-bond donors (Lipinski definition) is 1. The van der Waals surface area contributed by atoms with Gasteiger partial charge in [0.05, 0.1) is 18.4 Å². The Morgan fingerprint density at radius 2 is 2.13 bits per heavy atom. The van der Waals surface area contributed by atoms with Crippen LogP contribution in [0.2, 0.25) is 0 Å². The first-order valence-electron chi connectivity index (χ1n) is 5.63. The van der Waals surface area contributed by atoms with E-state index in [0.717, 1.165) is 12.8 Å². The van der Waals surface area contributed by atoms with Crippen molar-refractivity contribution in [3.8, 4) is 0 Å². The standard InChI is InChI=1S/C10H21NO3S/c1-3-7-15(13,14)11-6-4-5-9(2)10(11)8-12/h9-10,12H,3-8H2,1-2H3. The second-order valence-electron chi connectivity index (χ2n) is 4.30. The smallest absolute Gasteiger partial charge is 0.214 e. The van der Waals surface area contributed by atoms with Gasteiger partial charge in [0.1, 0.15) is 0 Å². The summed E-state index contributed by atoms with van der Waals surface area (Å²) in [5.41, 5.74) is 0. The zero-order chi connectivity index (χ0) is 11.5. The molecule has 1 aliphatic heterocycles. The molecule has 5 heteroatoms. The zero-order valence-electron chi connectivity index (χ0n) is 9.52. The topological polar surface area (TPSA) is 57.6 Å². The Hall–Kier alpha value is -0.130. The molecule has 0 amide bonds. The first-order chi connectivity index (χ1) is 7.03. The number of rotatable bonds is 4. The van der Waals surface area contributed by atoms with E-state index in [-0.39, 0.29) is 24.3 Å². The van der Waals surface area contributed by atoms with Crippen molar-refractivity contribution in [3.05, 3.63) is 0 Å². The molecule has 0 aromatic carbocycles. The second kappa shape index (κ2) is 5.27. The van der Waals surface area contributed by atoms with Gasteiger partial charge in [0.15, 0.2) is 0 Å². The van der Waals surface area contributed by atoms with Crippen molar-refractivity contribution in [2.45, 2.75) is 39.2 Å². The fourth-order valence-electron chi connectivity index (χ4n) is 2.20. The van der Waals surface area contributed by atoms with Crippen molar-refractivity contribution >= 4 is 10.0 Å². The van der Waals surface area contributed by atoms with Crippen molar-refractivity contribution in [1.82, 2.24) is 4.31 Å². The third-order valence-electron chi connectivity index (χ3n) is 3.07. The summed E-state index contributed by atoms with van der Waals surface area (Å²) in [4.78, 5) is 0. The molecular weight excluding hydrogens is 214 g/mol. The van der Waals surface area contributed by atoms with Crippen LogP contribution in [0.25, 0.3) is 0 Å². The highest BCUT2D eigenvalue weighted by Gasteiger charge is 2.35. The van der Waals surface area contributed by atoms with Gasteiger partial charge < -0.3 is 5.11 Å². The van der Waals surface area contributed by atoms with Gasteiger partial charge in [-0.05, 0) is 25.2 Å². The van der Waals surface area contributed by atoms with Crippen LogP contribution in [0.5, 0.6) is 0 Å².